The van der Waals surface area contributed by atoms with E-state index in [1.54, 1.807) is 61.6 Å². The van der Waals surface area contributed by atoms with Crippen LogP contribution in [0.3, 0.4) is 0 Å². The zero-order valence-electron chi connectivity index (χ0n) is 18.5. The average molecular weight is 493 g/mol. The number of ether oxygens (including phenoxy) is 2. The molecule has 0 N–H and O–H groups in total. The Kier molecular flexibility index (Phi) is 7.19. The fraction of sp³-hybridized carbons (Fsp3) is 0.320. The van der Waals surface area contributed by atoms with E-state index in [1.807, 2.05) is 0 Å². The van der Waals surface area contributed by atoms with Gasteiger partial charge in [0.25, 0.3) is 0 Å². The zero-order chi connectivity index (χ0) is 24.3. The van der Waals surface area contributed by atoms with Gasteiger partial charge in [0.15, 0.2) is 0 Å². The minimum Gasteiger partial charge on any atom is -0.392 e. The van der Waals surface area contributed by atoms with Crippen LogP contribution in [0.15, 0.2) is 60.7 Å². The van der Waals surface area contributed by atoms with Crippen LogP contribution in [0.5, 0.6) is 5.88 Å². The Hall–Kier alpha value is -2.97. The van der Waals surface area contributed by atoms with E-state index in [1.165, 1.54) is 4.90 Å². The number of halogens is 4. The third kappa shape index (κ3) is 5.56. The topological polar surface area (TPSA) is 43.7 Å². The van der Waals surface area contributed by atoms with Crippen molar-refractivity contribution in [3.8, 4) is 17.0 Å². The first-order chi connectivity index (χ1) is 16.2. The Balaban J connectivity index is 1.76. The third-order valence-electron chi connectivity index (χ3n) is 5.67. The molecule has 1 fully saturated rings. The van der Waals surface area contributed by atoms with Crippen LogP contribution in [0.1, 0.15) is 24.1 Å². The Bertz CT molecular complexity index is 1120. The number of amides is 1. The van der Waals surface area contributed by atoms with E-state index in [-0.39, 0.29) is 24.1 Å². The van der Waals surface area contributed by atoms with Crippen molar-refractivity contribution >= 4 is 17.7 Å². The Morgan fingerprint density at radius 2 is 1.88 bits per heavy atom. The molecule has 34 heavy (non-hydrogen) atoms. The number of likely N-dealkylation sites (N-methyl/N-ethyl adjacent to an activating group) is 1. The maximum atomic E-state index is 14.1. The summed E-state index contributed by atoms with van der Waals surface area (Å²) < 4.78 is 54.4. The van der Waals surface area contributed by atoms with Gasteiger partial charge in [-0.3, -0.25) is 0 Å². The molecule has 0 bridgehead atoms. The lowest BCUT2D eigenvalue weighted by atomic mass is 10.1. The van der Waals surface area contributed by atoms with Gasteiger partial charge in [-0.1, -0.05) is 54.1 Å². The lowest BCUT2D eigenvalue weighted by molar-refractivity contribution is -0.143. The summed E-state index contributed by atoms with van der Waals surface area (Å²) in [5.41, 5.74) is 0.326. The molecule has 1 amide bonds. The minimum absolute atomic E-state index is 0.116. The highest BCUT2D eigenvalue weighted by molar-refractivity contribution is 6.30. The van der Waals surface area contributed by atoms with Crippen molar-refractivity contribution in [1.29, 1.82) is 0 Å². The summed E-state index contributed by atoms with van der Waals surface area (Å²) in [5, 5.41) is 0.443. The van der Waals surface area contributed by atoms with E-state index >= 15 is 0 Å². The van der Waals surface area contributed by atoms with Crippen LogP contribution in [0.4, 0.5) is 18.0 Å². The van der Waals surface area contributed by atoms with Crippen LogP contribution in [0.25, 0.3) is 11.1 Å². The smallest absolute Gasteiger partial charge is 0.392 e. The number of carbonyl (C=O) groups excluding carboxylic acids is 1. The van der Waals surface area contributed by atoms with Crippen LogP contribution in [0, 0.1) is 0 Å². The van der Waals surface area contributed by atoms with Crippen molar-refractivity contribution < 1.29 is 27.4 Å². The van der Waals surface area contributed by atoms with Crippen molar-refractivity contribution in [2.45, 2.75) is 31.7 Å². The van der Waals surface area contributed by atoms with Gasteiger partial charge in [0.1, 0.15) is 5.69 Å². The summed E-state index contributed by atoms with van der Waals surface area (Å²) >= 11 is 5.97. The van der Waals surface area contributed by atoms with Gasteiger partial charge >= 0.3 is 12.3 Å². The van der Waals surface area contributed by atoms with Gasteiger partial charge in [0, 0.05) is 30.8 Å². The normalized spacial score (nSPS) is 16.0. The molecule has 1 atom stereocenters. The zero-order valence-corrected chi connectivity index (χ0v) is 19.3. The van der Waals surface area contributed by atoms with E-state index in [9.17, 15) is 18.0 Å². The summed E-state index contributed by atoms with van der Waals surface area (Å²) in [6, 6.07) is 16.1. The SMILES string of the molecule is CN(CC1CCCO1)C(=O)Oc1c(-c2ccc(Cl)cc2)cc(C(F)(F)F)n1Cc1ccccc1. The second-order valence-electron chi connectivity index (χ2n) is 8.21. The fourth-order valence-electron chi connectivity index (χ4n) is 3.96. The summed E-state index contributed by atoms with van der Waals surface area (Å²) in [7, 11) is 1.54. The summed E-state index contributed by atoms with van der Waals surface area (Å²) in [6.45, 7) is 0.797. The largest absolute Gasteiger partial charge is 0.431 e. The fourth-order valence-corrected chi connectivity index (χ4v) is 4.09. The minimum atomic E-state index is -4.66. The van der Waals surface area contributed by atoms with Gasteiger partial charge in [0.05, 0.1) is 12.6 Å². The van der Waals surface area contributed by atoms with E-state index < -0.39 is 18.0 Å². The molecule has 0 spiro atoms. The molecule has 1 saturated heterocycles. The first-order valence-electron chi connectivity index (χ1n) is 10.9. The molecular formula is C25H24ClF3N2O3. The lowest BCUT2D eigenvalue weighted by Gasteiger charge is -2.22. The molecule has 2 heterocycles. The third-order valence-corrected chi connectivity index (χ3v) is 5.93. The number of benzene rings is 2. The molecule has 1 aliphatic heterocycles. The van der Waals surface area contributed by atoms with Gasteiger partial charge in [-0.15, -0.1) is 0 Å². The van der Waals surface area contributed by atoms with Crippen molar-refractivity contribution in [2.75, 3.05) is 20.2 Å². The number of carbonyl (C=O) groups is 1. The molecule has 180 valence electrons. The number of hydrogen-bond donors (Lipinski definition) is 0. The number of alkyl halides is 3. The van der Waals surface area contributed by atoms with Crippen LogP contribution in [-0.4, -0.2) is 41.9 Å². The number of hydrogen-bond acceptors (Lipinski definition) is 3. The quantitative estimate of drug-likeness (QED) is 0.395. The van der Waals surface area contributed by atoms with Crippen molar-refractivity contribution in [2.24, 2.45) is 0 Å². The van der Waals surface area contributed by atoms with Crippen LogP contribution in [-0.2, 0) is 17.5 Å². The van der Waals surface area contributed by atoms with Crippen molar-refractivity contribution in [3.05, 3.63) is 76.9 Å². The van der Waals surface area contributed by atoms with E-state index in [2.05, 4.69) is 0 Å². The second kappa shape index (κ2) is 10.1. The first kappa shape index (κ1) is 24.2. The molecular weight excluding hydrogens is 469 g/mol. The molecule has 3 aromatic rings. The van der Waals surface area contributed by atoms with Gasteiger partial charge in [0.2, 0.25) is 5.88 Å². The molecule has 1 aliphatic rings. The lowest BCUT2D eigenvalue weighted by Crippen LogP contribution is -2.36. The maximum Gasteiger partial charge on any atom is 0.431 e. The highest BCUT2D eigenvalue weighted by Crippen LogP contribution is 2.41. The number of nitrogens with zero attached hydrogens (tertiary/aromatic N) is 2. The van der Waals surface area contributed by atoms with E-state index in [0.29, 0.717) is 29.3 Å². The molecule has 4 rings (SSSR count). The highest BCUT2D eigenvalue weighted by Gasteiger charge is 2.38. The second-order valence-corrected chi connectivity index (χ2v) is 8.64. The molecule has 0 radical (unpaired) electrons. The molecule has 1 unspecified atom stereocenters. The Labute approximate surface area is 200 Å². The Morgan fingerprint density at radius 3 is 2.50 bits per heavy atom. The summed E-state index contributed by atoms with van der Waals surface area (Å²) in [4.78, 5) is 14.3. The molecule has 2 aromatic carbocycles. The van der Waals surface area contributed by atoms with Crippen LogP contribution in [0.2, 0.25) is 5.02 Å². The average Bonchev–Trinajstić information content (AvgIpc) is 3.43. The van der Waals surface area contributed by atoms with Crippen LogP contribution < -0.4 is 4.74 Å². The molecule has 5 nitrogen and oxygen atoms in total. The van der Waals surface area contributed by atoms with E-state index in [0.717, 1.165) is 23.5 Å². The monoisotopic (exact) mass is 492 g/mol. The Morgan fingerprint density at radius 1 is 1.18 bits per heavy atom. The van der Waals surface area contributed by atoms with Gasteiger partial charge in [-0.2, -0.15) is 13.2 Å². The van der Waals surface area contributed by atoms with Gasteiger partial charge in [-0.25, -0.2) is 4.79 Å². The molecule has 0 aliphatic carbocycles. The van der Waals surface area contributed by atoms with Gasteiger partial charge < -0.3 is 18.9 Å². The van der Waals surface area contributed by atoms with Crippen LogP contribution >= 0.6 is 11.6 Å². The molecule has 9 heteroatoms. The van der Waals surface area contributed by atoms with Crippen molar-refractivity contribution in [1.82, 2.24) is 9.47 Å². The summed E-state index contributed by atoms with van der Waals surface area (Å²) in [6.07, 6.45) is -3.81. The molecule has 0 saturated carbocycles. The predicted molar refractivity (Wildman–Crippen MR) is 123 cm³/mol. The standard InChI is InChI=1S/C25H24ClF3N2O3/c1-30(16-20-8-5-13-33-20)24(32)34-23-21(18-9-11-19(26)12-10-18)14-22(25(27,28)29)31(23)15-17-6-3-2-4-7-17/h2-4,6-7,9-12,14,20H,5,8,13,15-16H2,1H3. The number of aromatic nitrogens is 1. The molecule has 1 aromatic heterocycles. The van der Waals surface area contributed by atoms with Crippen molar-refractivity contribution in [3.63, 3.8) is 0 Å². The predicted octanol–water partition coefficient (Wildman–Crippen LogP) is 6.49. The summed E-state index contributed by atoms with van der Waals surface area (Å²) in [5.74, 6) is -0.178. The first-order valence-corrected chi connectivity index (χ1v) is 11.3. The highest BCUT2D eigenvalue weighted by atomic mass is 35.5. The number of rotatable bonds is 6. The van der Waals surface area contributed by atoms with Gasteiger partial charge in [-0.05, 0) is 42.2 Å². The van der Waals surface area contributed by atoms with E-state index in [4.69, 9.17) is 21.1 Å². The maximum absolute atomic E-state index is 14.1.